The normalized spacial score (nSPS) is 11.9. The highest BCUT2D eigenvalue weighted by Crippen LogP contribution is 2.15. The summed E-state index contributed by atoms with van der Waals surface area (Å²) in [6.45, 7) is 2.32. The first-order chi connectivity index (χ1) is 7.63. The number of amides is 1. The molecule has 0 spiro atoms. The highest BCUT2D eigenvalue weighted by Gasteiger charge is 2.01. The summed E-state index contributed by atoms with van der Waals surface area (Å²) in [6.07, 6.45) is 0.367. The molecule has 1 atom stereocenters. The molecule has 1 aromatic carbocycles. The maximum absolute atomic E-state index is 10.9. The number of rotatable bonds is 5. The Bertz CT molecular complexity index is 333. The Balaban J connectivity index is 2.40. The summed E-state index contributed by atoms with van der Waals surface area (Å²) in [5, 5.41) is 2.54. The highest BCUT2D eigenvalue weighted by atomic mass is 16.5. The third kappa shape index (κ3) is 3.90. The summed E-state index contributed by atoms with van der Waals surface area (Å²) in [7, 11) is 1.61. The molecule has 0 saturated heterocycles. The molecular weight excluding hydrogens is 204 g/mol. The number of ether oxygens (including phenoxy) is 1. The number of carbonyl (C=O) groups excluding carboxylic acids is 1. The van der Waals surface area contributed by atoms with E-state index in [1.54, 1.807) is 7.05 Å². The Labute approximate surface area is 95.8 Å². The second-order valence-corrected chi connectivity index (χ2v) is 3.63. The largest absolute Gasteiger partial charge is 0.493 e. The first-order valence-corrected chi connectivity index (χ1v) is 5.32. The van der Waals surface area contributed by atoms with Gasteiger partial charge in [0.05, 0.1) is 13.0 Å². The molecule has 0 saturated carbocycles. The molecule has 1 amide bonds. The molecule has 1 unspecified atom stereocenters. The standard InChI is InChI=1S/C12H18N2O2/c1-9(13)10-3-5-11(6-4-10)16-8-7-12(15)14-2/h3-6,9H,7-8,13H2,1-2H3,(H,14,15). The van der Waals surface area contributed by atoms with Crippen molar-refractivity contribution in [2.24, 2.45) is 5.73 Å². The van der Waals surface area contributed by atoms with Crippen molar-refractivity contribution in [3.63, 3.8) is 0 Å². The summed E-state index contributed by atoms with van der Waals surface area (Å²) >= 11 is 0. The van der Waals surface area contributed by atoms with E-state index in [1.165, 1.54) is 0 Å². The Hall–Kier alpha value is -1.55. The van der Waals surface area contributed by atoms with Crippen LogP contribution in [0.1, 0.15) is 24.9 Å². The zero-order valence-electron chi connectivity index (χ0n) is 9.69. The fourth-order valence-corrected chi connectivity index (χ4v) is 1.25. The van der Waals surface area contributed by atoms with Crippen LogP contribution in [0, 0.1) is 0 Å². The van der Waals surface area contributed by atoms with Gasteiger partial charge in [-0.15, -0.1) is 0 Å². The lowest BCUT2D eigenvalue weighted by atomic mass is 10.1. The predicted molar refractivity (Wildman–Crippen MR) is 63.2 cm³/mol. The summed E-state index contributed by atoms with van der Waals surface area (Å²) in [5.41, 5.74) is 6.80. The highest BCUT2D eigenvalue weighted by molar-refractivity contribution is 5.75. The van der Waals surface area contributed by atoms with Gasteiger partial charge in [-0.1, -0.05) is 12.1 Å². The number of carbonyl (C=O) groups is 1. The van der Waals surface area contributed by atoms with Gasteiger partial charge in [-0.2, -0.15) is 0 Å². The van der Waals surface area contributed by atoms with Crippen molar-refractivity contribution in [3.8, 4) is 5.75 Å². The molecular formula is C12H18N2O2. The molecule has 4 nitrogen and oxygen atoms in total. The van der Waals surface area contributed by atoms with Crippen molar-refractivity contribution in [3.05, 3.63) is 29.8 Å². The second kappa shape index (κ2) is 6.12. The van der Waals surface area contributed by atoms with Gasteiger partial charge in [0.25, 0.3) is 0 Å². The van der Waals surface area contributed by atoms with E-state index in [1.807, 2.05) is 31.2 Å². The lowest BCUT2D eigenvalue weighted by Crippen LogP contribution is -2.20. The SMILES string of the molecule is CNC(=O)CCOc1ccc(C(C)N)cc1. The molecule has 1 rings (SSSR count). The monoisotopic (exact) mass is 222 g/mol. The Kier molecular flexibility index (Phi) is 4.79. The maximum atomic E-state index is 10.9. The molecule has 1 aromatic rings. The Morgan fingerprint density at radius 3 is 2.56 bits per heavy atom. The zero-order valence-corrected chi connectivity index (χ0v) is 9.69. The van der Waals surface area contributed by atoms with Crippen LogP contribution in [0.25, 0.3) is 0 Å². The number of nitrogens with one attached hydrogen (secondary N) is 1. The maximum Gasteiger partial charge on any atom is 0.223 e. The molecule has 0 aromatic heterocycles. The Morgan fingerprint density at radius 2 is 2.06 bits per heavy atom. The molecule has 88 valence electrons. The van der Waals surface area contributed by atoms with E-state index >= 15 is 0 Å². The number of hydrogen-bond donors (Lipinski definition) is 2. The average molecular weight is 222 g/mol. The predicted octanol–water partition coefficient (Wildman–Crippen LogP) is 1.22. The summed E-state index contributed by atoms with van der Waals surface area (Å²) in [6, 6.07) is 7.62. The summed E-state index contributed by atoms with van der Waals surface area (Å²) in [5.74, 6) is 0.737. The first-order valence-electron chi connectivity index (χ1n) is 5.32. The van der Waals surface area contributed by atoms with Crippen LogP contribution in [0.3, 0.4) is 0 Å². The Morgan fingerprint density at radius 1 is 1.44 bits per heavy atom. The fraction of sp³-hybridized carbons (Fsp3) is 0.417. The third-order valence-electron chi connectivity index (χ3n) is 2.28. The fourth-order valence-electron chi connectivity index (χ4n) is 1.25. The molecule has 0 aliphatic carbocycles. The molecule has 0 aliphatic heterocycles. The molecule has 3 N–H and O–H groups in total. The molecule has 0 aliphatic rings. The second-order valence-electron chi connectivity index (χ2n) is 3.63. The van der Waals surface area contributed by atoms with Gasteiger partial charge < -0.3 is 15.8 Å². The quantitative estimate of drug-likeness (QED) is 0.787. The lowest BCUT2D eigenvalue weighted by molar-refractivity contribution is -0.121. The molecule has 16 heavy (non-hydrogen) atoms. The molecule has 0 heterocycles. The van der Waals surface area contributed by atoms with Crippen molar-refractivity contribution in [2.45, 2.75) is 19.4 Å². The topological polar surface area (TPSA) is 64.3 Å². The van der Waals surface area contributed by atoms with E-state index in [2.05, 4.69) is 5.32 Å². The van der Waals surface area contributed by atoms with Gasteiger partial charge >= 0.3 is 0 Å². The van der Waals surface area contributed by atoms with Gasteiger partial charge in [0.2, 0.25) is 5.91 Å². The molecule has 0 fully saturated rings. The van der Waals surface area contributed by atoms with Crippen molar-refractivity contribution >= 4 is 5.91 Å². The van der Waals surface area contributed by atoms with Crippen LogP contribution in [-0.2, 0) is 4.79 Å². The van der Waals surface area contributed by atoms with Gasteiger partial charge in [0.1, 0.15) is 5.75 Å². The minimum Gasteiger partial charge on any atom is -0.493 e. The van der Waals surface area contributed by atoms with E-state index in [-0.39, 0.29) is 11.9 Å². The smallest absolute Gasteiger partial charge is 0.223 e. The number of nitrogens with two attached hydrogens (primary N) is 1. The first kappa shape index (κ1) is 12.5. The van der Waals surface area contributed by atoms with E-state index in [9.17, 15) is 4.79 Å². The van der Waals surface area contributed by atoms with Crippen molar-refractivity contribution < 1.29 is 9.53 Å². The molecule has 0 bridgehead atoms. The minimum atomic E-state index is -0.0211. The van der Waals surface area contributed by atoms with Gasteiger partial charge in [-0.3, -0.25) is 4.79 Å². The van der Waals surface area contributed by atoms with E-state index in [4.69, 9.17) is 10.5 Å². The summed E-state index contributed by atoms with van der Waals surface area (Å²) in [4.78, 5) is 10.9. The lowest BCUT2D eigenvalue weighted by Gasteiger charge is -2.08. The zero-order chi connectivity index (χ0) is 12.0. The van der Waals surface area contributed by atoms with Crippen LogP contribution < -0.4 is 15.8 Å². The van der Waals surface area contributed by atoms with Gasteiger partial charge in [-0.05, 0) is 24.6 Å². The van der Waals surface area contributed by atoms with Crippen molar-refractivity contribution in [2.75, 3.05) is 13.7 Å². The van der Waals surface area contributed by atoms with Crippen LogP contribution in [0.4, 0.5) is 0 Å². The van der Waals surface area contributed by atoms with Crippen LogP contribution in [0.5, 0.6) is 5.75 Å². The third-order valence-corrected chi connectivity index (χ3v) is 2.28. The van der Waals surface area contributed by atoms with Gasteiger partial charge in [0, 0.05) is 13.1 Å². The van der Waals surface area contributed by atoms with Crippen molar-refractivity contribution in [1.29, 1.82) is 0 Å². The van der Waals surface area contributed by atoms with Crippen LogP contribution in [0.15, 0.2) is 24.3 Å². The van der Waals surface area contributed by atoms with E-state index in [0.717, 1.165) is 11.3 Å². The minimum absolute atomic E-state index is 0.0211. The summed E-state index contributed by atoms with van der Waals surface area (Å²) < 4.78 is 5.41. The van der Waals surface area contributed by atoms with Crippen LogP contribution in [-0.4, -0.2) is 19.6 Å². The van der Waals surface area contributed by atoms with Gasteiger partial charge in [-0.25, -0.2) is 0 Å². The molecule has 0 radical (unpaired) electrons. The van der Waals surface area contributed by atoms with Crippen LogP contribution >= 0.6 is 0 Å². The van der Waals surface area contributed by atoms with Crippen molar-refractivity contribution in [1.82, 2.24) is 5.32 Å². The van der Waals surface area contributed by atoms with Crippen LogP contribution in [0.2, 0.25) is 0 Å². The molecule has 4 heteroatoms. The number of benzene rings is 1. The van der Waals surface area contributed by atoms with E-state index in [0.29, 0.717) is 13.0 Å². The average Bonchev–Trinajstić information content (AvgIpc) is 2.29. The van der Waals surface area contributed by atoms with E-state index < -0.39 is 0 Å². The number of hydrogen-bond acceptors (Lipinski definition) is 3. The van der Waals surface area contributed by atoms with Gasteiger partial charge in [0.15, 0.2) is 0 Å².